The molecule has 1 atom stereocenters. The molecule has 1 unspecified atom stereocenters. The van der Waals surface area contributed by atoms with Crippen LogP contribution < -0.4 is 10.5 Å². The van der Waals surface area contributed by atoms with Crippen molar-refractivity contribution in [2.75, 3.05) is 5.32 Å². The molecule has 6 heteroatoms. The van der Waals surface area contributed by atoms with Gasteiger partial charge in [0, 0.05) is 11.6 Å². The number of benzene rings is 1. The molecule has 1 amide bonds. The molecule has 0 aliphatic carbocycles. The quantitative estimate of drug-likeness (QED) is 0.874. The number of anilines is 1. The van der Waals surface area contributed by atoms with Gasteiger partial charge in [-0.15, -0.1) is 0 Å². The van der Waals surface area contributed by atoms with Crippen molar-refractivity contribution in [2.24, 2.45) is 11.1 Å². The summed E-state index contributed by atoms with van der Waals surface area (Å²) < 4.78 is 22.7. The van der Waals surface area contributed by atoms with Crippen molar-refractivity contribution in [1.29, 1.82) is 0 Å². The van der Waals surface area contributed by atoms with E-state index in [9.17, 15) is 13.2 Å². The summed E-state index contributed by atoms with van der Waals surface area (Å²) >= 11 is 0. The van der Waals surface area contributed by atoms with Crippen molar-refractivity contribution in [3.8, 4) is 0 Å². The molecule has 0 aliphatic heterocycles. The molecule has 20 heavy (non-hydrogen) atoms. The first kappa shape index (κ1) is 16.7. The Labute approximate surface area is 120 Å². The Kier molecular flexibility index (Phi) is 5.30. The Morgan fingerprint density at radius 3 is 2.20 bits per heavy atom. The van der Waals surface area contributed by atoms with Crippen LogP contribution in [0, 0.1) is 19.8 Å². The third-order valence-electron chi connectivity index (χ3n) is 3.25. The fourth-order valence-electron chi connectivity index (χ4n) is 2.10. The Balaban J connectivity index is 3.07. The van der Waals surface area contributed by atoms with Crippen molar-refractivity contribution in [2.45, 2.75) is 45.4 Å². The predicted molar refractivity (Wildman–Crippen MR) is 80.0 cm³/mol. The largest absolute Gasteiger partial charge is 0.325 e. The fraction of sp³-hybridized carbons (Fsp3) is 0.500. The second kappa shape index (κ2) is 6.37. The lowest BCUT2D eigenvalue weighted by Gasteiger charge is -2.16. The minimum absolute atomic E-state index is 0.0543. The number of amides is 1. The highest BCUT2D eigenvalue weighted by molar-refractivity contribution is 7.89. The molecule has 0 spiro atoms. The van der Waals surface area contributed by atoms with Crippen LogP contribution in [0.4, 0.5) is 5.69 Å². The Hall–Kier alpha value is -1.40. The summed E-state index contributed by atoms with van der Waals surface area (Å²) in [4.78, 5) is 12.1. The minimum Gasteiger partial charge on any atom is -0.325 e. The van der Waals surface area contributed by atoms with Crippen molar-refractivity contribution in [1.82, 2.24) is 0 Å². The maximum absolute atomic E-state index is 12.0. The lowest BCUT2D eigenvalue weighted by Crippen LogP contribution is -2.21. The van der Waals surface area contributed by atoms with Crippen LogP contribution in [0.3, 0.4) is 0 Å². The molecule has 112 valence electrons. The van der Waals surface area contributed by atoms with E-state index in [0.29, 0.717) is 16.8 Å². The van der Waals surface area contributed by atoms with E-state index < -0.39 is 10.0 Å². The topological polar surface area (TPSA) is 89.3 Å². The average Bonchev–Trinajstić information content (AvgIpc) is 2.32. The van der Waals surface area contributed by atoms with Gasteiger partial charge < -0.3 is 5.32 Å². The number of carbonyl (C=O) groups is 1. The molecule has 1 aromatic carbocycles. The fourth-order valence-corrected chi connectivity index (χ4v) is 2.78. The van der Waals surface area contributed by atoms with Gasteiger partial charge >= 0.3 is 0 Å². The summed E-state index contributed by atoms with van der Waals surface area (Å²) in [6, 6.07) is 2.95. The van der Waals surface area contributed by atoms with Crippen molar-refractivity contribution >= 4 is 21.6 Å². The number of rotatable bonds is 5. The molecule has 0 radical (unpaired) electrons. The van der Waals surface area contributed by atoms with E-state index in [1.807, 2.05) is 13.8 Å². The maximum atomic E-state index is 12.0. The number of primary sulfonamides is 1. The smallest absolute Gasteiger partial charge is 0.238 e. The number of sulfonamides is 1. The number of aryl methyl sites for hydroxylation is 2. The van der Waals surface area contributed by atoms with Gasteiger partial charge in [0.05, 0.1) is 4.90 Å². The van der Waals surface area contributed by atoms with E-state index in [2.05, 4.69) is 5.32 Å². The monoisotopic (exact) mass is 298 g/mol. The summed E-state index contributed by atoms with van der Waals surface area (Å²) in [5.41, 5.74) is 2.03. The first-order chi connectivity index (χ1) is 9.16. The molecule has 5 nitrogen and oxygen atoms in total. The molecule has 3 N–H and O–H groups in total. The van der Waals surface area contributed by atoms with Crippen LogP contribution in [0.15, 0.2) is 17.0 Å². The first-order valence-corrected chi connectivity index (χ1v) is 8.16. The number of carbonyl (C=O) groups excluding carboxylic acids is 1. The predicted octanol–water partition coefficient (Wildman–Crippen LogP) is 2.33. The molecule has 0 aromatic heterocycles. The Morgan fingerprint density at radius 1 is 1.30 bits per heavy atom. The minimum atomic E-state index is -3.73. The van der Waals surface area contributed by atoms with Gasteiger partial charge in [0.25, 0.3) is 0 Å². The van der Waals surface area contributed by atoms with Gasteiger partial charge in [-0.2, -0.15) is 0 Å². The normalized spacial score (nSPS) is 13.1. The van der Waals surface area contributed by atoms with Crippen LogP contribution in [0.1, 0.15) is 37.8 Å². The summed E-state index contributed by atoms with van der Waals surface area (Å²) in [5, 5.41) is 7.99. The second-order valence-electron chi connectivity index (χ2n) is 5.16. The van der Waals surface area contributed by atoms with Gasteiger partial charge in [-0.25, -0.2) is 13.6 Å². The molecular formula is C14H22N2O3S. The molecule has 0 heterocycles. The van der Waals surface area contributed by atoms with E-state index in [4.69, 9.17) is 5.14 Å². The van der Waals surface area contributed by atoms with Crippen molar-refractivity contribution < 1.29 is 13.2 Å². The first-order valence-electron chi connectivity index (χ1n) is 6.61. The third-order valence-corrected chi connectivity index (χ3v) is 4.14. The van der Waals surface area contributed by atoms with Crippen LogP contribution in [-0.2, 0) is 14.8 Å². The third kappa shape index (κ3) is 4.05. The Morgan fingerprint density at radius 2 is 1.80 bits per heavy atom. The van der Waals surface area contributed by atoms with E-state index in [-0.39, 0.29) is 16.7 Å². The van der Waals surface area contributed by atoms with E-state index in [1.54, 1.807) is 13.8 Å². The molecule has 0 saturated heterocycles. The molecule has 0 saturated carbocycles. The summed E-state index contributed by atoms with van der Waals surface area (Å²) in [6.07, 6.45) is 1.76. The van der Waals surface area contributed by atoms with E-state index in [0.717, 1.165) is 12.8 Å². The summed E-state index contributed by atoms with van der Waals surface area (Å²) in [6.45, 7) is 7.41. The zero-order chi connectivity index (χ0) is 15.5. The van der Waals surface area contributed by atoms with Crippen LogP contribution in [0.25, 0.3) is 0 Å². The van der Waals surface area contributed by atoms with Crippen molar-refractivity contribution in [3.63, 3.8) is 0 Å². The van der Waals surface area contributed by atoms with Gasteiger partial charge in [0.15, 0.2) is 0 Å². The Bertz CT molecular complexity index is 586. The van der Waals surface area contributed by atoms with Crippen LogP contribution in [-0.4, -0.2) is 14.3 Å². The molecular weight excluding hydrogens is 276 g/mol. The van der Waals surface area contributed by atoms with Gasteiger partial charge in [0.1, 0.15) is 0 Å². The highest BCUT2D eigenvalue weighted by atomic mass is 32.2. The van der Waals surface area contributed by atoms with Crippen LogP contribution in [0.2, 0.25) is 0 Å². The number of hydrogen-bond donors (Lipinski definition) is 2. The zero-order valence-electron chi connectivity index (χ0n) is 12.4. The number of nitrogens with one attached hydrogen (secondary N) is 1. The standard InChI is InChI=1S/C14H22N2O3S/c1-5-6-9(2)14(17)16-13-10(3)7-12(8-11(13)4)20(15,18)19/h7-9H,5-6H2,1-4H3,(H,16,17)(H2,15,18,19). The average molecular weight is 298 g/mol. The van der Waals surface area contributed by atoms with Crippen molar-refractivity contribution in [3.05, 3.63) is 23.3 Å². The maximum Gasteiger partial charge on any atom is 0.238 e. The van der Waals surface area contributed by atoms with Crippen LogP contribution in [0.5, 0.6) is 0 Å². The second-order valence-corrected chi connectivity index (χ2v) is 6.72. The van der Waals surface area contributed by atoms with E-state index >= 15 is 0 Å². The molecule has 1 rings (SSSR count). The van der Waals surface area contributed by atoms with Gasteiger partial charge in [-0.05, 0) is 43.5 Å². The summed E-state index contributed by atoms with van der Waals surface area (Å²) in [7, 11) is -3.73. The number of hydrogen-bond acceptors (Lipinski definition) is 3. The molecule has 0 bridgehead atoms. The van der Waals surface area contributed by atoms with Gasteiger partial charge in [-0.1, -0.05) is 20.3 Å². The lowest BCUT2D eigenvalue weighted by molar-refractivity contribution is -0.119. The SMILES string of the molecule is CCCC(C)C(=O)Nc1c(C)cc(S(N)(=O)=O)cc1C. The lowest BCUT2D eigenvalue weighted by atomic mass is 10.0. The highest BCUT2D eigenvalue weighted by Crippen LogP contribution is 2.25. The number of nitrogens with two attached hydrogens (primary N) is 1. The molecule has 0 fully saturated rings. The molecule has 1 aromatic rings. The zero-order valence-corrected chi connectivity index (χ0v) is 13.2. The van der Waals surface area contributed by atoms with Crippen LogP contribution >= 0.6 is 0 Å². The summed E-state index contributed by atoms with van der Waals surface area (Å²) in [5.74, 6) is -0.127. The highest BCUT2D eigenvalue weighted by Gasteiger charge is 2.17. The van der Waals surface area contributed by atoms with Gasteiger partial charge in [0.2, 0.25) is 15.9 Å². The molecule has 0 aliphatic rings. The van der Waals surface area contributed by atoms with E-state index in [1.165, 1.54) is 12.1 Å². The van der Waals surface area contributed by atoms with Gasteiger partial charge in [-0.3, -0.25) is 4.79 Å².